The van der Waals surface area contributed by atoms with E-state index in [1.54, 1.807) is 25.6 Å². The second-order valence-corrected chi connectivity index (χ2v) is 9.53. The van der Waals surface area contributed by atoms with Crippen molar-refractivity contribution >= 4 is 34.5 Å². The molecule has 5 rings (SSSR count). The maximum atomic E-state index is 12.2. The van der Waals surface area contributed by atoms with Gasteiger partial charge in [0, 0.05) is 23.8 Å². The fraction of sp³-hybridized carbons (Fsp3) is 0.0741. The molecule has 0 aliphatic rings. The number of pyridine rings is 1. The lowest BCUT2D eigenvalue weighted by atomic mass is 10.2. The maximum Gasteiger partial charge on any atom is 0.261 e. The molecule has 0 aliphatic heterocycles. The largest absolute Gasteiger partial charge is 0.497 e. The highest BCUT2D eigenvalue weighted by Gasteiger charge is 2.09. The molecular formula is C27H22ClN5O2S. The molecule has 3 aromatic heterocycles. The quantitative estimate of drug-likeness (QED) is 0.309. The van der Waals surface area contributed by atoms with Gasteiger partial charge in [0.1, 0.15) is 11.2 Å². The summed E-state index contributed by atoms with van der Waals surface area (Å²) in [5.74, 6) is 0.629. The average Bonchev–Trinajstić information content (AvgIpc) is 3.57. The van der Waals surface area contributed by atoms with Gasteiger partial charge in [0.2, 0.25) is 0 Å². The highest BCUT2D eigenvalue weighted by Crippen LogP contribution is 2.21. The molecular weight excluding hydrogens is 494 g/mol. The lowest BCUT2D eigenvalue weighted by molar-refractivity contribution is 0.0954. The van der Waals surface area contributed by atoms with Crippen molar-refractivity contribution < 1.29 is 9.53 Å². The Morgan fingerprint density at radius 2 is 1.81 bits per heavy atom. The van der Waals surface area contributed by atoms with E-state index in [2.05, 4.69) is 10.3 Å². The molecule has 36 heavy (non-hydrogen) atoms. The zero-order chi connectivity index (χ0) is 24.9. The first-order valence-electron chi connectivity index (χ1n) is 11.1. The van der Waals surface area contributed by atoms with Crippen molar-refractivity contribution in [2.24, 2.45) is 4.99 Å². The number of aromatic nitrogens is 3. The second-order valence-electron chi connectivity index (χ2n) is 7.81. The third-order valence-electron chi connectivity index (χ3n) is 5.44. The molecule has 0 spiro atoms. The van der Waals surface area contributed by atoms with Crippen LogP contribution in [0.4, 0.5) is 5.69 Å². The fourth-order valence-corrected chi connectivity index (χ4v) is 4.57. The number of nitrogens with zero attached hydrogens (tertiary/aromatic N) is 4. The van der Waals surface area contributed by atoms with Crippen molar-refractivity contribution in [3.63, 3.8) is 0 Å². The number of carbonyl (C=O) groups excluding carboxylic acids is 1. The Morgan fingerprint density at radius 3 is 2.53 bits per heavy atom. The number of halogens is 1. The van der Waals surface area contributed by atoms with E-state index in [1.165, 1.54) is 11.3 Å². The van der Waals surface area contributed by atoms with Crippen molar-refractivity contribution in [2.45, 2.75) is 6.54 Å². The number of thiophene rings is 1. The molecule has 1 amide bonds. The molecule has 0 radical (unpaired) electrons. The van der Waals surface area contributed by atoms with Gasteiger partial charge in [-0.3, -0.25) is 4.79 Å². The van der Waals surface area contributed by atoms with Gasteiger partial charge in [0.25, 0.3) is 5.91 Å². The number of hydrogen-bond acceptors (Lipinski definition) is 5. The number of ether oxygens (including phenoxy) is 1. The number of hydrogen-bond donors (Lipinski definition) is 1. The van der Waals surface area contributed by atoms with Gasteiger partial charge in [-0.25, -0.2) is 9.98 Å². The smallest absolute Gasteiger partial charge is 0.261 e. The third kappa shape index (κ3) is 5.40. The van der Waals surface area contributed by atoms with Gasteiger partial charge in [-0.05, 0) is 72.8 Å². The van der Waals surface area contributed by atoms with E-state index in [4.69, 9.17) is 21.3 Å². The molecule has 180 valence electrons. The van der Waals surface area contributed by atoms with Crippen LogP contribution in [0.25, 0.3) is 11.4 Å². The third-order valence-corrected chi connectivity index (χ3v) is 6.67. The van der Waals surface area contributed by atoms with Gasteiger partial charge in [-0.2, -0.15) is 0 Å². The molecule has 5 aromatic rings. The van der Waals surface area contributed by atoms with Crippen molar-refractivity contribution in [1.29, 1.82) is 0 Å². The predicted molar refractivity (Wildman–Crippen MR) is 142 cm³/mol. The van der Waals surface area contributed by atoms with Crippen molar-refractivity contribution in [3.05, 3.63) is 118 Å². The zero-order valence-corrected chi connectivity index (χ0v) is 20.9. The van der Waals surface area contributed by atoms with Crippen molar-refractivity contribution in [2.75, 3.05) is 7.11 Å². The predicted octanol–water partition coefficient (Wildman–Crippen LogP) is 5.55. The molecule has 2 aromatic carbocycles. The van der Waals surface area contributed by atoms with Gasteiger partial charge < -0.3 is 19.2 Å². The molecule has 0 aliphatic carbocycles. The van der Waals surface area contributed by atoms with Gasteiger partial charge in [-0.1, -0.05) is 17.7 Å². The summed E-state index contributed by atoms with van der Waals surface area (Å²) in [6, 6.07) is 25.1. The molecule has 3 heterocycles. The second kappa shape index (κ2) is 10.6. The van der Waals surface area contributed by atoms with Crippen LogP contribution in [0.1, 0.15) is 15.4 Å². The number of nitrogens with one attached hydrogen (secondary N) is 1. The zero-order valence-electron chi connectivity index (χ0n) is 19.3. The molecule has 0 saturated carbocycles. The summed E-state index contributed by atoms with van der Waals surface area (Å²) < 4.78 is 9.76. The van der Waals surface area contributed by atoms with Crippen LogP contribution in [-0.2, 0) is 6.54 Å². The Kier molecular flexibility index (Phi) is 6.97. The van der Waals surface area contributed by atoms with Crippen LogP contribution in [0.3, 0.4) is 0 Å². The molecule has 0 unspecified atom stereocenters. The summed E-state index contributed by atoms with van der Waals surface area (Å²) in [6.07, 6.45) is 5.62. The summed E-state index contributed by atoms with van der Waals surface area (Å²) in [6.45, 7) is 0.329. The highest BCUT2D eigenvalue weighted by molar-refractivity contribution is 7.17. The molecule has 0 fully saturated rings. The normalized spacial score (nSPS) is 11.4. The Morgan fingerprint density at radius 1 is 1.03 bits per heavy atom. The first-order chi connectivity index (χ1) is 17.6. The Bertz CT molecular complexity index is 1550. The lowest BCUT2D eigenvalue weighted by Crippen LogP contribution is -2.21. The number of amides is 1. The standard InChI is InChI=1S/C27H22ClN5O2S/c1-35-23-11-5-19(6-12-23)31-26-4-2-3-15-33(26)22-9-7-21(8-10-22)32-17-20(30-18-32)16-29-27(34)24-13-14-25(28)36-24/h2-15,17-18H,16H2,1H3,(H,29,34)/b31-26+. The summed E-state index contributed by atoms with van der Waals surface area (Å²) in [5, 5.41) is 2.87. The minimum absolute atomic E-state index is 0.165. The SMILES string of the molecule is COc1ccc(/N=c2\ccccn2-c2ccc(-n3cnc(CNC(=O)c4ccc(Cl)s4)c3)cc2)cc1. The van der Waals surface area contributed by atoms with E-state index in [0.717, 1.165) is 34.0 Å². The van der Waals surface area contributed by atoms with E-state index >= 15 is 0 Å². The van der Waals surface area contributed by atoms with Gasteiger partial charge >= 0.3 is 0 Å². The molecule has 9 heteroatoms. The number of imidazole rings is 1. The van der Waals surface area contributed by atoms with Crippen molar-refractivity contribution in [1.82, 2.24) is 19.4 Å². The Labute approximate surface area is 216 Å². The average molecular weight is 516 g/mol. The fourth-order valence-electron chi connectivity index (χ4n) is 3.61. The Balaban J connectivity index is 1.31. The molecule has 1 N–H and O–H groups in total. The van der Waals surface area contributed by atoms with Gasteiger partial charge in [-0.15, -0.1) is 11.3 Å². The van der Waals surface area contributed by atoms with Gasteiger partial charge in [0.15, 0.2) is 0 Å². The monoisotopic (exact) mass is 515 g/mol. The molecule has 0 atom stereocenters. The number of benzene rings is 2. The number of methoxy groups -OCH3 is 1. The van der Waals surface area contributed by atoms with E-state index in [-0.39, 0.29) is 5.91 Å². The summed E-state index contributed by atoms with van der Waals surface area (Å²) in [7, 11) is 1.65. The van der Waals surface area contributed by atoms with Crippen LogP contribution in [0.2, 0.25) is 4.34 Å². The van der Waals surface area contributed by atoms with E-state index in [1.807, 2.05) is 88.3 Å². The van der Waals surface area contributed by atoms with Crippen LogP contribution >= 0.6 is 22.9 Å². The van der Waals surface area contributed by atoms with Gasteiger partial charge in [0.05, 0.1) is 40.6 Å². The molecule has 0 bridgehead atoms. The highest BCUT2D eigenvalue weighted by atomic mass is 35.5. The minimum atomic E-state index is -0.165. The van der Waals surface area contributed by atoms with Crippen molar-refractivity contribution in [3.8, 4) is 17.1 Å². The summed E-state index contributed by atoms with van der Waals surface area (Å²) >= 11 is 7.16. The number of rotatable bonds is 7. The first-order valence-corrected chi connectivity index (χ1v) is 12.3. The molecule has 7 nitrogen and oxygen atoms in total. The van der Waals surface area contributed by atoms with E-state index in [0.29, 0.717) is 15.8 Å². The van der Waals surface area contributed by atoms with Crippen LogP contribution in [0, 0.1) is 0 Å². The first kappa shape index (κ1) is 23.6. The van der Waals surface area contributed by atoms with Crippen LogP contribution in [-0.4, -0.2) is 27.1 Å². The topological polar surface area (TPSA) is 73.4 Å². The van der Waals surface area contributed by atoms with Crippen LogP contribution in [0.15, 0.2) is 103 Å². The van der Waals surface area contributed by atoms with E-state index < -0.39 is 0 Å². The summed E-state index contributed by atoms with van der Waals surface area (Å²) in [5.41, 5.74) is 4.34. The Hall–Kier alpha value is -4.14. The van der Waals surface area contributed by atoms with Crippen LogP contribution in [0.5, 0.6) is 5.75 Å². The number of carbonyl (C=O) groups is 1. The maximum absolute atomic E-state index is 12.2. The van der Waals surface area contributed by atoms with Crippen LogP contribution < -0.4 is 15.5 Å². The summed E-state index contributed by atoms with van der Waals surface area (Å²) in [4.78, 5) is 22.0. The lowest BCUT2D eigenvalue weighted by Gasteiger charge is -2.09. The van der Waals surface area contributed by atoms with E-state index in [9.17, 15) is 4.79 Å². The molecule has 0 saturated heterocycles. The minimum Gasteiger partial charge on any atom is -0.497 e.